The van der Waals surface area contributed by atoms with Gasteiger partial charge >= 0.3 is 0 Å². The molecule has 0 bridgehead atoms. The van der Waals surface area contributed by atoms with Crippen LogP contribution in [-0.2, 0) is 9.59 Å². The lowest BCUT2D eigenvalue weighted by molar-refractivity contribution is -0.884. The standard InChI is InChI=1S/C25H48N2O3/c1-4-5-6-7-8-9-10-11-12-13-14-15-16-17-18-20-24(28)26-21-19-22-27(2,3)23-25(29)30/h11-12H,4-10,13-23H2,1-3H3,(H-,26,28,29,30)/b12-11-/i1D3,4D2,5D2,6D2,7D2,8D2,9D2,10D2,11D,12D,13D2,14D2,15D2,16D2,17D2,18D2,20D2. The summed E-state index contributed by atoms with van der Waals surface area (Å²) in [7, 11) is 2.87. The Labute approximate surface area is 232 Å². The molecule has 0 saturated carbocycles. The van der Waals surface area contributed by atoms with Crippen molar-refractivity contribution in [2.75, 3.05) is 33.7 Å². The van der Waals surface area contributed by atoms with Gasteiger partial charge in [-0.15, -0.1) is 0 Å². The van der Waals surface area contributed by atoms with Gasteiger partial charge in [0.15, 0.2) is 0 Å². The molecule has 0 aliphatic heterocycles. The van der Waals surface area contributed by atoms with Crippen LogP contribution in [0.3, 0.4) is 0 Å². The number of likely N-dealkylation sites (N-methyl/N-ethyl adjacent to an activating group) is 1. The van der Waals surface area contributed by atoms with Crippen molar-refractivity contribution in [3.63, 3.8) is 0 Å². The predicted molar refractivity (Wildman–Crippen MR) is 124 cm³/mol. The molecule has 0 aromatic rings. The van der Waals surface area contributed by atoms with Crippen molar-refractivity contribution in [1.29, 1.82) is 0 Å². The maximum Gasteiger partial charge on any atom is 0.219 e. The molecule has 5 nitrogen and oxygen atoms in total. The van der Waals surface area contributed by atoms with Crippen LogP contribution in [0.1, 0.15) is 148 Å². The molecule has 0 aromatic heterocycles. The second-order valence-electron chi connectivity index (χ2n) is 5.80. The van der Waals surface area contributed by atoms with Gasteiger partial charge in [-0.1, -0.05) is 69.9 Å². The van der Waals surface area contributed by atoms with E-state index < -0.39 is 133 Å². The number of nitrogens with one attached hydrogen (secondary N) is 1. The van der Waals surface area contributed by atoms with E-state index >= 15 is 0 Å². The Morgan fingerprint density at radius 2 is 1.53 bits per heavy atom. The Morgan fingerprint density at radius 1 is 0.967 bits per heavy atom. The van der Waals surface area contributed by atoms with Crippen molar-refractivity contribution in [2.24, 2.45) is 0 Å². The third-order valence-electron chi connectivity index (χ3n) is 2.83. The molecule has 1 amide bonds. The Morgan fingerprint density at radius 3 is 2.13 bits per heavy atom. The van der Waals surface area contributed by atoms with E-state index in [1.54, 1.807) is 0 Å². The number of carboxylic acids is 1. The molecule has 1 N–H and O–H groups in total. The van der Waals surface area contributed by atoms with E-state index in [-0.39, 0.29) is 17.4 Å². The third-order valence-corrected chi connectivity index (χ3v) is 2.83. The number of aliphatic carboxylic acids is 1. The molecule has 0 aromatic carbocycles. The maximum atomic E-state index is 12.9. The fourth-order valence-corrected chi connectivity index (χ4v) is 1.68. The van der Waals surface area contributed by atoms with Crippen molar-refractivity contribution in [3.8, 4) is 0 Å². The van der Waals surface area contributed by atoms with E-state index in [0.717, 1.165) is 0 Å². The molecule has 0 unspecified atom stereocenters. The highest BCUT2D eigenvalue weighted by molar-refractivity contribution is 5.75. The summed E-state index contributed by atoms with van der Waals surface area (Å²) in [5, 5.41) is 12.8. The van der Waals surface area contributed by atoms with Crippen LogP contribution in [0.25, 0.3) is 0 Å². The Kier molecular flexibility index (Phi) is 3.89. The zero-order valence-electron chi connectivity index (χ0n) is 49.5. The van der Waals surface area contributed by atoms with Crippen LogP contribution in [0, 0.1) is 0 Å². The monoisotopic (exact) mass is 458 g/mol. The number of hydrogen-bond acceptors (Lipinski definition) is 3. The van der Waals surface area contributed by atoms with Crippen molar-refractivity contribution in [3.05, 3.63) is 12.1 Å². The molecule has 0 atom stereocenters. The van der Waals surface area contributed by atoms with E-state index in [1.807, 2.05) is 5.32 Å². The Bertz CT molecular complexity index is 1730. The molecule has 0 heterocycles. The number of nitrogens with zero attached hydrogens (tertiary/aromatic N) is 1. The van der Waals surface area contributed by atoms with Crippen LogP contribution in [0.5, 0.6) is 0 Å². The Hall–Kier alpha value is -1.36. The summed E-state index contributed by atoms with van der Waals surface area (Å²) in [5.41, 5.74) is 0. The van der Waals surface area contributed by atoms with E-state index in [1.165, 1.54) is 14.1 Å². The van der Waals surface area contributed by atoms with Gasteiger partial charge < -0.3 is 19.7 Å². The molecule has 0 fully saturated rings. The summed E-state index contributed by atoms with van der Waals surface area (Å²) in [4.78, 5) is 23.8. The zero-order chi connectivity index (χ0) is 51.8. The number of quaternary nitrogens is 1. The fourth-order valence-electron chi connectivity index (χ4n) is 1.68. The van der Waals surface area contributed by atoms with Crippen molar-refractivity contribution < 1.29 is 64.4 Å². The van der Waals surface area contributed by atoms with Crippen LogP contribution < -0.4 is 10.4 Å². The highest BCUT2D eigenvalue weighted by Gasteiger charge is 2.14. The average Bonchev–Trinajstić information content (AvgIpc) is 3.06. The number of hydrogen-bond donors (Lipinski definition) is 1. The second-order valence-corrected chi connectivity index (χ2v) is 5.80. The van der Waals surface area contributed by atoms with Gasteiger partial charge in [0.05, 0.1) is 29.4 Å². The maximum absolute atomic E-state index is 12.9. The average molecular weight is 458 g/mol. The van der Waals surface area contributed by atoms with Crippen LogP contribution in [0.4, 0.5) is 0 Å². The molecule has 0 saturated heterocycles. The van der Waals surface area contributed by atoms with E-state index in [4.69, 9.17) is 45.2 Å². The lowest BCUT2D eigenvalue weighted by Crippen LogP contribution is -2.49. The van der Waals surface area contributed by atoms with Crippen LogP contribution >= 0.6 is 0 Å². The summed E-state index contributed by atoms with van der Waals surface area (Å²) < 4.78 is 266. The molecule has 0 aliphatic carbocycles. The summed E-state index contributed by atoms with van der Waals surface area (Å²) in [6.07, 6.45) is -66.3. The van der Waals surface area contributed by atoms with Crippen molar-refractivity contribution in [1.82, 2.24) is 5.32 Å². The zero-order valence-corrected chi connectivity index (χ0v) is 16.5. The molecule has 0 spiro atoms. The number of carbonyl (C=O) groups is 2. The van der Waals surface area contributed by atoms with Crippen LogP contribution in [-0.4, -0.2) is 50.1 Å². The summed E-state index contributed by atoms with van der Waals surface area (Å²) >= 11 is 0. The molecule has 0 radical (unpaired) electrons. The molecule has 30 heavy (non-hydrogen) atoms. The lowest BCUT2D eigenvalue weighted by atomic mass is 10.1. The molecule has 0 aliphatic rings. The molecule has 5 heteroatoms. The summed E-state index contributed by atoms with van der Waals surface area (Å²) in [6, 6.07) is -5.12. The second kappa shape index (κ2) is 19.6. The Balaban J connectivity index is 7.38. The van der Waals surface area contributed by atoms with Gasteiger partial charge in [-0.05, 0) is 31.9 Å². The number of amides is 1. The van der Waals surface area contributed by atoms with E-state index in [0.29, 0.717) is 0 Å². The number of carbonyl (C=O) groups excluding carboxylic acids is 2. The quantitative estimate of drug-likeness (QED) is 0.158. The molecular weight excluding hydrogens is 376 g/mol. The largest absolute Gasteiger partial charge is 0.544 e. The molecule has 176 valence electrons. The highest BCUT2D eigenvalue weighted by Crippen LogP contribution is 2.10. The summed E-state index contributed by atoms with van der Waals surface area (Å²) in [6.45, 7) is -5.12. The van der Waals surface area contributed by atoms with Crippen molar-refractivity contribution >= 4 is 11.9 Å². The van der Waals surface area contributed by atoms with Gasteiger partial charge in [-0.25, -0.2) is 0 Å². The number of allylic oxidation sites excluding steroid dienone is 2. The summed E-state index contributed by atoms with van der Waals surface area (Å²) in [5.74, 6) is -3.42. The fraction of sp³-hybridized carbons (Fsp3) is 0.840. The molecule has 0 rings (SSSR count). The van der Waals surface area contributed by atoms with Crippen LogP contribution in [0.15, 0.2) is 12.1 Å². The first kappa shape index (κ1) is 5.95. The first-order valence-corrected chi connectivity index (χ1v) is 8.35. The minimum absolute atomic E-state index is 0.00403. The van der Waals surface area contributed by atoms with Gasteiger partial charge in [0, 0.05) is 61.8 Å². The number of carboxylic acid groups (broad SMARTS) is 1. The lowest BCUT2D eigenvalue weighted by Gasteiger charge is -2.30. The minimum atomic E-state index is -4.93. The van der Waals surface area contributed by atoms with Gasteiger partial charge in [-0.3, -0.25) is 4.79 Å². The van der Waals surface area contributed by atoms with E-state index in [9.17, 15) is 14.7 Å². The van der Waals surface area contributed by atoms with Crippen LogP contribution in [0.2, 0.25) is 0 Å². The molecular formula is C25H48N2O3. The van der Waals surface area contributed by atoms with Gasteiger partial charge in [0.1, 0.15) is 6.54 Å². The topological polar surface area (TPSA) is 69.2 Å². The third kappa shape index (κ3) is 21.4. The van der Waals surface area contributed by atoms with Gasteiger partial charge in [0.25, 0.3) is 0 Å². The number of rotatable bonds is 21. The van der Waals surface area contributed by atoms with Gasteiger partial charge in [-0.2, -0.15) is 0 Å². The normalized spacial score (nSPS) is 35.9. The smallest absolute Gasteiger partial charge is 0.219 e. The minimum Gasteiger partial charge on any atom is -0.544 e. The SMILES string of the molecule is [2H]/C(=C(\[2H])C([2H])([2H])C([2H])([2H])C([2H])([2H])C([2H])([2H])C([2H])([2H])C([2H])([2H])C([2H])([2H])C([2H])([2H])[2H])C([2H])([2H])C([2H])([2H])C([2H])([2H])C([2H])([2H])C([2H])([2H])C([2H])([2H])C([2H])([2H])C(=O)NCCC[N+](C)(C)CC(=O)[O-]. The van der Waals surface area contributed by atoms with E-state index in [2.05, 4.69) is 0 Å². The first-order chi connectivity index (χ1) is 26.9. The van der Waals surface area contributed by atoms with Crippen molar-refractivity contribution in [2.45, 2.75) is 102 Å². The highest BCUT2D eigenvalue weighted by atomic mass is 16.4. The predicted octanol–water partition coefficient (Wildman–Crippen LogP) is 4.36. The van der Waals surface area contributed by atoms with Gasteiger partial charge in [0.2, 0.25) is 5.91 Å². The first-order valence-electron chi connectivity index (χ1n) is 24.8.